The van der Waals surface area contributed by atoms with Gasteiger partial charge in [-0.3, -0.25) is 4.79 Å². The molecule has 2 rings (SSSR count). The number of nitrogens with one attached hydrogen (secondary N) is 1. The molecule has 0 atom stereocenters. The molecule has 0 fully saturated rings. The van der Waals surface area contributed by atoms with Crippen LogP contribution in [0.15, 0.2) is 18.2 Å². The van der Waals surface area contributed by atoms with Crippen LogP contribution >= 0.6 is 12.0 Å². The third-order valence-corrected chi connectivity index (χ3v) is 2.24. The Morgan fingerprint density at radius 2 is 2.38 bits per heavy atom. The maximum atomic E-state index is 11.0. The monoisotopic (exact) mass is 195 g/mol. The number of carbonyl (C=O) groups excluding carboxylic acids is 1. The second kappa shape index (κ2) is 3.30. The molecule has 0 unspecified atom stereocenters. The molecule has 68 valence electrons. The van der Waals surface area contributed by atoms with Crippen LogP contribution in [0.3, 0.4) is 0 Å². The predicted molar refractivity (Wildman–Crippen MR) is 52.9 cm³/mol. The van der Waals surface area contributed by atoms with Gasteiger partial charge in [0.05, 0.1) is 18.5 Å². The van der Waals surface area contributed by atoms with Crippen LogP contribution in [0.4, 0.5) is 5.69 Å². The average molecular weight is 195 g/mol. The zero-order chi connectivity index (χ0) is 9.26. The maximum Gasteiger partial charge on any atom is 0.228 e. The van der Waals surface area contributed by atoms with Gasteiger partial charge >= 0.3 is 0 Å². The molecule has 4 heteroatoms. The summed E-state index contributed by atoms with van der Waals surface area (Å²) in [7, 11) is 0. The number of rotatable bonds is 2. The van der Waals surface area contributed by atoms with Gasteiger partial charge in [-0.25, -0.2) is 0 Å². The Morgan fingerprint density at radius 1 is 1.54 bits per heavy atom. The van der Waals surface area contributed by atoms with Crippen molar-refractivity contribution in [1.82, 2.24) is 0 Å². The first kappa shape index (κ1) is 8.44. The van der Waals surface area contributed by atoms with E-state index < -0.39 is 0 Å². The summed E-state index contributed by atoms with van der Waals surface area (Å²) >= 11 is 1.30. The molecule has 3 nitrogen and oxygen atoms in total. The van der Waals surface area contributed by atoms with Crippen LogP contribution in [0.2, 0.25) is 0 Å². The van der Waals surface area contributed by atoms with Crippen molar-refractivity contribution in [2.24, 2.45) is 0 Å². The van der Waals surface area contributed by atoms with E-state index in [2.05, 4.69) is 5.32 Å². The average Bonchev–Trinajstić information content (AvgIpc) is 2.44. The van der Waals surface area contributed by atoms with Crippen LogP contribution in [0, 0.1) is 0 Å². The van der Waals surface area contributed by atoms with Crippen LogP contribution in [0.25, 0.3) is 0 Å². The molecule has 1 aromatic carbocycles. The van der Waals surface area contributed by atoms with Crippen molar-refractivity contribution in [3.63, 3.8) is 0 Å². The van der Waals surface area contributed by atoms with Gasteiger partial charge in [0.1, 0.15) is 5.75 Å². The largest absolute Gasteiger partial charge is 0.426 e. The highest BCUT2D eigenvalue weighted by Crippen LogP contribution is 2.28. The molecule has 0 aliphatic carbocycles. The Kier molecular flexibility index (Phi) is 2.14. The molecular weight excluding hydrogens is 186 g/mol. The highest BCUT2D eigenvalue weighted by molar-refractivity contribution is 7.94. The van der Waals surface area contributed by atoms with Gasteiger partial charge in [0, 0.05) is 11.9 Å². The lowest BCUT2D eigenvalue weighted by molar-refractivity contribution is -0.115. The van der Waals surface area contributed by atoms with E-state index in [4.69, 9.17) is 4.18 Å². The molecule has 1 amide bonds. The van der Waals surface area contributed by atoms with Crippen molar-refractivity contribution in [2.75, 3.05) is 11.6 Å². The standard InChI is InChI=1S/C9H9NO2S/c1-13-12-7-2-3-8-6(4-7)5-9(11)10-8/h2-4H,5H2,1H3,(H,10,11). The number of hydrogen-bond acceptors (Lipinski definition) is 3. The number of amides is 1. The second-order valence-corrected chi connectivity index (χ2v) is 3.29. The lowest BCUT2D eigenvalue weighted by Gasteiger charge is -2.02. The van der Waals surface area contributed by atoms with Crippen molar-refractivity contribution in [3.8, 4) is 5.75 Å². The molecular formula is C9H9NO2S. The van der Waals surface area contributed by atoms with Gasteiger partial charge < -0.3 is 9.50 Å². The molecule has 0 saturated heterocycles. The summed E-state index contributed by atoms with van der Waals surface area (Å²) in [5, 5.41) is 2.77. The van der Waals surface area contributed by atoms with Crippen molar-refractivity contribution < 1.29 is 8.98 Å². The Balaban J connectivity index is 2.29. The first-order chi connectivity index (χ1) is 6.29. The number of fused-ring (bicyclic) bond motifs is 1. The van der Waals surface area contributed by atoms with Crippen LogP contribution in [0.1, 0.15) is 5.56 Å². The predicted octanol–water partition coefficient (Wildman–Crippen LogP) is 1.84. The molecule has 1 aliphatic heterocycles. The zero-order valence-corrected chi connectivity index (χ0v) is 7.98. The van der Waals surface area contributed by atoms with Crippen LogP contribution in [0.5, 0.6) is 5.75 Å². The van der Waals surface area contributed by atoms with E-state index in [0.29, 0.717) is 6.42 Å². The van der Waals surface area contributed by atoms with E-state index in [1.807, 2.05) is 24.5 Å². The lowest BCUT2D eigenvalue weighted by Crippen LogP contribution is -2.03. The molecule has 1 aromatic rings. The fraction of sp³-hybridized carbons (Fsp3) is 0.222. The Hall–Kier alpha value is -1.16. The van der Waals surface area contributed by atoms with E-state index >= 15 is 0 Å². The Labute approximate surface area is 80.7 Å². The zero-order valence-electron chi connectivity index (χ0n) is 7.16. The molecule has 0 bridgehead atoms. The van der Waals surface area contributed by atoms with Crippen molar-refractivity contribution in [2.45, 2.75) is 6.42 Å². The summed E-state index contributed by atoms with van der Waals surface area (Å²) in [5.41, 5.74) is 1.91. The third-order valence-electron chi connectivity index (χ3n) is 1.88. The minimum atomic E-state index is 0.0521. The highest BCUT2D eigenvalue weighted by Gasteiger charge is 2.17. The van der Waals surface area contributed by atoms with Gasteiger partial charge in [-0.15, -0.1) is 0 Å². The first-order valence-electron chi connectivity index (χ1n) is 3.93. The van der Waals surface area contributed by atoms with E-state index in [-0.39, 0.29) is 5.91 Å². The number of carbonyl (C=O) groups is 1. The van der Waals surface area contributed by atoms with Crippen LogP contribution < -0.4 is 9.50 Å². The molecule has 1 heterocycles. The number of hydrogen-bond donors (Lipinski definition) is 1. The van der Waals surface area contributed by atoms with Crippen LogP contribution in [-0.4, -0.2) is 12.2 Å². The summed E-state index contributed by atoms with van der Waals surface area (Å²) in [4.78, 5) is 11.0. The topological polar surface area (TPSA) is 38.3 Å². The minimum absolute atomic E-state index is 0.0521. The number of anilines is 1. The second-order valence-electron chi connectivity index (χ2n) is 2.79. The van der Waals surface area contributed by atoms with Gasteiger partial charge in [-0.1, -0.05) is 0 Å². The molecule has 13 heavy (non-hydrogen) atoms. The molecule has 0 saturated carbocycles. The van der Waals surface area contributed by atoms with E-state index in [9.17, 15) is 4.79 Å². The minimum Gasteiger partial charge on any atom is -0.426 e. The third kappa shape index (κ3) is 1.62. The summed E-state index contributed by atoms with van der Waals surface area (Å²) in [6, 6.07) is 5.61. The van der Waals surface area contributed by atoms with Gasteiger partial charge in [-0.2, -0.15) is 0 Å². The molecule has 0 radical (unpaired) electrons. The summed E-state index contributed by atoms with van der Waals surface area (Å²) in [5.74, 6) is 0.846. The first-order valence-corrected chi connectivity index (χ1v) is 5.08. The fourth-order valence-corrected chi connectivity index (χ4v) is 1.65. The van der Waals surface area contributed by atoms with E-state index in [0.717, 1.165) is 17.0 Å². The Bertz CT molecular complexity index is 351. The quantitative estimate of drug-likeness (QED) is 0.732. The van der Waals surface area contributed by atoms with Crippen LogP contribution in [-0.2, 0) is 11.2 Å². The van der Waals surface area contributed by atoms with Crippen molar-refractivity contribution in [3.05, 3.63) is 23.8 Å². The van der Waals surface area contributed by atoms with Gasteiger partial charge in [0.25, 0.3) is 0 Å². The summed E-state index contributed by atoms with van der Waals surface area (Å²) in [6.07, 6.45) is 2.32. The van der Waals surface area contributed by atoms with Gasteiger partial charge in [0.2, 0.25) is 5.91 Å². The van der Waals surface area contributed by atoms with Gasteiger partial charge in [-0.05, 0) is 23.8 Å². The smallest absolute Gasteiger partial charge is 0.228 e. The summed E-state index contributed by atoms with van der Waals surface area (Å²) in [6.45, 7) is 0. The van der Waals surface area contributed by atoms with E-state index in [1.165, 1.54) is 12.0 Å². The SMILES string of the molecule is CSOc1ccc2c(c1)CC(=O)N2. The van der Waals surface area contributed by atoms with Crippen molar-refractivity contribution >= 4 is 23.6 Å². The lowest BCUT2D eigenvalue weighted by atomic mass is 10.1. The molecule has 0 aromatic heterocycles. The van der Waals surface area contributed by atoms with E-state index in [1.54, 1.807) is 0 Å². The molecule has 1 N–H and O–H groups in total. The molecule has 0 spiro atoms. The summed E-state index contributed by atoms with van der Waals surface area (Å²) < 4.78 is 5.24. The maximum absolute atomic E-state index is 11.0. The number of benzene rings is 1. The Morgan fingerprint density at radius 3 is 3.15 bits per heavy atom. The van der Waals surface area contributed by atoms with Gasteiger partial charge in [0.15, 0.2) is 0 Å². The molecule has 1 aliphatic rings. The fourth-order valence-electron chi connectivity index (χ4n) is 1.35. The van der Waals surface area contributed by atoms with Crippen molar-refractivity contribution in [1.29, 1.82) is 0 Å². The normalized spacial score (nSPS) is 13.8. The highest BCUT2D eigenvalue weighted by atomic mass is 32.2.